The summed E-state index contributed by atoms with van der Waals surface area (Å²) in [5.41, 5.74) is 9.10. The standard InChI is InChI=1S/C26H21FN4O4/c27-20-11-17(26(25(28)33)12-19(26)24(32)31-34)7-8-23(20)35-14-16-10-22(15-4-3-9-29-13-15)30-21-6-2-1-5-18(16)21/h1-11,13,19,34H,12,14H2,(H2,28,33)(H,31,32)/t19-,26-/m1/s1. The van der Waals surface area contributed by atoms with E-state index in [-0.39, 0.29) is 24.3 Å². The van der Waals surface area contributed by atoms with Gasteiger partial charge in [0.2, 0.25) is 11.8 Å². The van der Waals surface area contributed by atoms with Gasteiger partial charge in [-0.15, -0.1) is 0 Å². The Morgan fingerprint density at radius 3 is 2.71 bits per heavy atom. The van der Waals surface area contributed by atoms with E-state index in [1.165, 1.54) is 17.6 Å². The Morgan fingerprint density at radius 2 is 2.00 bits per heavy atom. The quantitative estimate of drug-likeness (QED) is 0.280. The zero-order valence-electron chi connectivity index (χ0n) is 18.4. The highest BCUT2D eigenvalue weighted by molar-refractivity contribution is 5.99. The molecular formula is C26H21FN4O4. The molecule has 0 bridgehead atoms. The van der Waals surface area contributed by atoms with Crippen LogP contribution in [0.3, 0.4) is 0 Å². The van der Waals surface area contributed by atoms with E-state index in [1.807, 2.05) is 42.5 Å². The number of fused-ring (bicyclic) bond motifs is 1. The number of halogens is 1. The molecule has 1 aliphatic rings. The van der Waals surface area contributed by atoms with Crippen LogP contribution in [0.5, 0.6) is 5.75 Å². The molecule has 0 unspecified atom stereocenters. The maximum atomic E-state index is 15.0. The summed E-state index contributed by atoms with van der Waals surface area (Å²) in [6, 6.07) is 17.3. The molecule has 0 saturated heterocycles. The molecule has 0 aliphatic heterocycles. The van der Waals surface area contributed by atoms with E-state index in [4.69, 9.17) is 20.7 Å². The highest BCUT2D eigenvalue weighted by Crippen LogP contribution is 2.54. The van der Waals surface area contributed by atoms with Crippen molar-refractivity contribution < 1.29 is 23.9 Å². The van der Waals surface area contributed by atoms with Crippen molar-refractivity contribution in [1.82, 2.24) is 15.4 Å². The van der Waals surface area contributed by atoms with E-state index >= 15 is 0 Å². The minimum Gasteiger partial charge on any atom is -0.486 e. The number of hydrogen-bond donors (Lipinski definition) is 3. The van der Waals surface area contributed by atoms with Gasteiger partial charge in [-0.25, -0.2) is 14.9 Å². The third kappa shape index (κ3) is 3.95. The fourth-order valence-corrected chi connectivity index (χ4v) is 4.47. The molecule has 35 heavy (non-hydrogen) atoms. The van der Waals surface area contributed by atoms with Crippen LogP contribution in [0, 0.1) is 11.7 Å². The first-order valence-corrected chi connectivity index (χ1v) is 10.9. The number of nitrogens with one attached hydrogen (secondary N) is 1. The van der Waals surface area contributed by atoms with Gasteiger partial charge in [-0.3, -0.25) is 19.8 Å². The average molecular weight is 472 g/mol. The smallest absolute Gasteiger partial charge is 0.247 e. The Balaban J connectivity index is 1.43. The summed E-state index contributed by atoms with van der Waals surface area (Å²) in [5, 5.41) is 9.77. The molecule has 2 amide bonds. The van der Waals surface area contributed by atoms with Crippen LogP contribution in [0.15, 0.2) is 73.1 Å². The molecule has 2 aromatic heterocycles. The van der Waals surface area contributed by atoms with Crippen LogP contribution >= 0.6 is 0 Å². The molecule has 8 nitrogen and oxygen atoms in total. The molecule has 0 radical (unpaired) electrons. The Kier molecular flexibility index (Phi) is 5.62. The molecule has 0 spiro atoms. The summed E-state index contributed by atoms with van der Waals surface area (Å²) in [6.45, 7) is 0.0725. The van der Waals surface area contributed by atoms with Gasteiger partial charge in [0.1, 0.15) is 6.61 Å². The Morgan fingerprint density at radius 1 is 1.17 bits per heavy atom. The number of hydrogen-bond acceptors (Lipinski definition) is 6. The summed E-state index contributed by atoms with van der Waals surface area (Å²) in [6.07, 6.45) is 3.49. The van der Waals surface area contributed by atoms with Gasteiger partial charge in [0.25, 0.3) is 0 Å². The molecule has 2 aromatic carbocycles. The molecule has 4 aromatic rings. The van der Waals surface area contributed by atoms with E-state index in [2.05, 4.69) is 4.98 Å². The molecular weight excluding hydrogens is 451 g/mol. The number of hydroxylamine groups is 1. The number of carbonyl (C=O) groups excluding carboxylic acids is 2. The second kappa shape index (κ2) is 8.77. The number of benzene rings is 2. The summed E-state index contributed by atoms with van der Waals surface area (Å²) in [7, 11) is 0. The molecule has 1 saturated carbocycles. The number of rotatable bonds is 7. The number of carbonyl (C=O) groups is 2. The van der Waals surface area contributed by atoms with Crippen LogP contribution in [-0.2, 0) is 21.6 Å². The van der Waals surface area contributed by atoms with E-state index in [9.17, 15) is 14.0 Å². The number of nitrogens with two attached hydrogens (primary N) is 1. The SMILES string of the molecule is NC(=O)[C@@]1(c2ccc(OCc3cc(-c4cccnc4)nc4ccccc34)c(F)c2)C[C@@H]1C(=O)NO. The van der Waals surface area contributed by atoms with E-state index in [1.54, 1.807) is 12.4 Å². The normalized spacial score (nSPS) is 18.7. The number of pyridine rings is 2. The molecule has 1 aliphatic carbocycles. The number of para-hydroxylation sites is 1. The lowest BCUT2D eigenvalue weighted by Gasteiger charge is -2.16. The first-order valence-electron chi connectivity index (χ1n) is 10.9. The average Bonchev–Trinajstić information content (AvgIpc) is 3.65. The predicted octanol–water partition coefficient (Wildman–Crippen LogP) is 3.26. The lowest BCUT2D eigenvalue weighted by molar-refractivity contribution is -0.132. The lowest BCUT2D eigenvalue weighted by Crippen LogP contribution is -2.35. The topological polar surface area (TPSA) is 127 Å². The second-order valence-electron chi connectivity index (χ2n) is 8.43. The maximum absolute atomic E-state index is 15.0. The van der Waals surface area contributed by atoms with Crippen LogP contribution in [0.2, 0.25) is 0 Å². The van der Waals surface area contributed by atoms with E-state index in [0.717, 1.165) is 33.8 Å². The van der Waals surface area contributed by atoms with Gasteiger partial charge in [0.05, 0.1) is 22.5 Å². The van der Waals surface area contributed by atoms with Crippen LogP contribution in [0.1, 0.15) is 17.5 Å². The van der Waals surface area contributed by atoms with Crippen molar-refractivity contribution >= 4 is 22.7 Å². The van der Waals surface area contributed by atoms with Gasteiger partial charge in [0, 0.05) is 28.9 Å². The number of amides is 2. The van der Waals surface area contributed by atoms with Crippen molar-refractivity contribution in [1.29, 1.82) is 0 Å². The van der Waals surface area contributed by atoms with Crippen molar-refractivity contribution in [3.63, 3.8) is 0 Å². The maximum Gasteiger partial charge on any atom is 0.247 e. The first kappa shape index (κ1) is 22.4. The zero-order valence-corrected chi connectivity index (χ0v) is 18.4. The van der Waals surface area contributed by atoms with Crippen LogP contribution < -0.4 is 16.0 Å². The molecule has 2 atom stereocenters. The minimum absolute atomic E-state index is 0.0130. The minimum atomic E-state index is -1.36. The monoisotopic (exact) mass is 472 g/mol. The summed E-state index contributed by atoms with van der Waals surface area (Å²) >= 11 is 0. The summed E-state index contributed by atoms with van der Waals surface area (Å²) < 4.78 is 20.8. The molecule has 1 fully saturated rings. The van der Waals surface area contributed by atoms with Crippen molar-refractivity contribution in [3.8, 4) is 17.0 Å². The first-order chi connectivity index (χ1) is 16.9. The van der Waals surface area contributed by atoms with Crippen molar-refractivity contribution in [2.75, 3.05) is 0 Å². The van der Waals surface area contributed by atoms with Gasteiger partial charge in [-0.1, -0.05) is 24.3 Å². The number of nitrogens with zero attached hydrogens (tertiary/aromatic N) is 2. The Labute approximate surface area is 199 Å². The van der Waals surface area contributed by atoms with Crippen molar-refractivity contribution in [3.05, 3.63) is 90.0 Å². The predicted molar refractivity (Wildman–Crippen MR) is 125 cm³/mol. The van der Waals surface area contributed by atoms with Crippen LogP contribution in [0.4, 0.5) is 4.39 Å². The number of ether oxygens (including phenoxy) is 1. The highest BCUT2D eigenvalue weighted by atomic mass is 19.1. The highest BCUT2D eigenvalue weighted by Gasteiger charge is 2.64. The van der Waals surface area contributed by atoms with Crippen LogP contribution in [-0.4, -0.2) is 27.0 Å². The van der Waals surface area contributed by atoms with Gasteiger partial charge in [0.15, 0.2) is 11.6 Å². The van der Waals surface area contributed by atoms with Gasteiger partial charge < -0.3 is 10.5 Å². The van der Waals surface area contributed by atoms with E-state index < -0.39 is 29.0 Å². The fraction of sp³-hybridized carbons (Fsp3) is 0.154. The number of primary amides is 1. The Bertz CT molecular complexity index is 1450. The third-order valence-electron chi connectivity index (χ3n) is 6.42. The number of aromatic nitrogens is 2. The Hall–Kier alpha value is -4.37. The third-order valence-corrected chi connectivity index (χ3v) is 6.42. The van der Waals surface area contributed by atoms with E-state index in [0.29, 0.717) is 0 Å². The summed E-state index contributed by atoms with van der Waals surface area (Å²) in [5.74, 6) is -3.06. The van der Waals surface area contributed by atoms with Crippen molar-refractivity contribution in [2.45, 2.75) is 18.4 Å². The van der Waals surface area contributed by atoms with Gasteiger partial charge in [-0.05, 0) is 48.4 Å². The second-order valence-corrected chi connectivity index (χ2v) is 8.43. The molecule has 4 N–H and O–H groups in total. The van der Waals surface area contributed by atoms with Gasteiger partial charge in [-0.2, -0.15) is 0 Å². The molecule has 176 valence electrons. The lowest BCUT2D eigenvalue weighted by atomic mass is 9.92. The molecule has 2 heterocycles. The largest absolute Gasteiger partial charge is 0.486 e. The fourth-order valence-electron chi connectivity index (χ4n) is 4.47. The summed E-state index contributed by atoms with van der Waals surface area (Å²) in [4.78, 5) is 32.8. The molecule has 5 rings (SSSR count). The van der Waals surface area contributed by atoms with Crippen LogP contribution in [0.25, 0.3) is 22.2 Å². The molecule has 9 heteroatoms. The van der Waals surface area contributed by atoms with Gasteiger partial charge >= 0.3 is 0 Å². The zero-order chi connectivity index (χ0) is 24.6. The van der Waals surface area contributed by atoms with Crippen molar-refractivity contribution in [2.24, 2.45) is 11.7 Å².